The Kier molecular flexibility index (Phi) is 1.80. The molecule has 0 unspecified atom stereocenters. The maximum absolute atomic E-state index is 5.36. The fraction of sp³-hybridized carbons (Fsp3) is 0.500. The molecule has 3 heterocycles. The maximum atomic E-state index is 5.36. The summed E-state index contributed by atoms with van der Waals surface area (Å²) in [5.41, 5.74) is 4.40. The molecule has 4 nitrogen and oxygen atoms in total. The summed E-state index contributed by atoms with van der Waals surface area (Å²) in [6.45, 7) is 2.74. The third-order valence-electron chi connectivity index (χ3n) is 3.23. The molecule has 4 heteroatoms. The van der Waals surface area contributed by atoms with E-state index in [0.29, 0.717) is 5.92 Å². The number of hydrogen-bond donors (Lipinski definition) is 2. The Morgan fingerprint density at radius 1 is 1.43 bits per heavy atom. The summed E-state index contributed by atoms with van der Waals surface area (Å²) in [5, 5.41) is 3.40. The summed E-state index contributed by atoms with van der Waals surface area (Å²) in [4.78, 5) is 9.40. The van der Waals surface area contributed by atoms with Gasteiger partial charge in [0, 0.05) is 31.4 Å². The van der Waals surface area contributed by atoms with E-state index in [9.17, 15) is 0 Å². The Bertz CT molecular complexity index is 317. The highest BCUT2D eigenvalue weighted by Gasteiger charge is 2.48. The average Bonchev–Trinajstić information content (AvgIpc) is 2.77. The first-order valence-electron chi connectivity index (χ1n) is 4.92. The zero-order valence-electron chi connectivity index (χ0n) is 7.86. The molecule has 0 aliphatic carbocycles. The molecule has 3 rings (SSSR count). The molecule has 2 fully saturated rings. The second-order valence-corrected chi connectivity index (χ2v) is 3.95. The van der Waals surface area contributed by atoms with Crippen LogP contribution in [0.4, 0.5) is 0 Å². The van der Waals surface area contributed by atoms with E-state index in [1.165, 1.54) is 5.56 Å². The van der Waals surface area contributed by atoms with E-state index in [1.54, 1.807) is 0 Å². The molecule has 2 saturated heterocycles. The van der Waals surface area contributed by atoms with Crippen LogP contribution in [0.25, 0.3) is 0 Å². The maximum Gasteiger partial charge on any atom is 0.0868 e. The second-order valence-electron chi connectivity index (χ2n) is 3.95. The molecular formula is C10H13N3O. The molecule has 0 bridgehead atoms. The van der Waals surface area contributed by atoms with Crippen LogP contribution < -0.4 is 10.8 Å². The van der Waals surface area contributed by atoms with Crippen LogP contribution in [0.2, 0.25) is 0 Å². The van der Waals surface area contributed by atoms with E-state index >= 15 is 0 Å². The van der Waals surface area contributed by atoms with Gasteiger partial charge in [0.25, 0.3) is 0 Å². The predicted molar refractivity (Wildman–Crippen MR) is 51.4 cm³/mol. The van der Waals surface area contributed by atoms with Gasteiger partial charge in [-0.1, -0.05) is 0 Å². The summed E-state index contributed by atoms with van der Waals surface area (Å²) < 4.78 is 0. The molecule has 1 aromatic heterocycles. The minimum atomic E-state index is -0.0249. The largest absolute Gasteiger partial charge is 0.314 e. The monoisotopic (exact) mass is 191 g/mol. The molecular weight excluding hydrogens is 178 g/mol. The lowest BCUT2D eigenvalue weighted by molar-refractivity contribution is 0.0599. The predicted octanol–water partition coefficient (Wildman–Crippen LogP) is 0.0311. The number of rotatable bonds is 1. The highest BCUT2D eigenvalue weighted by molar-refractivity contribution is 5.26. The second kappa shape index (κ2) is 3.02. The standard InChI is InChI=1S/C10H13N3O/c1-3-11-4-2-8(1)10-7-12-5-9(10)6-14-13-10/h1-4,9,12-13H,5-7H2/t9-,10-/m1/s1. The lowest BCUT2D eigenvalue weighted by atomic mass is 9.83. The van der Waals surface area contributed by atoms with E-state index in [1.807, 2.05) is 12.4 Å². The molecule has 14 heavy (non-hydrogen) atoms. The molecule has 2 aliphatic rings. The van der Waals surface area contributed by atoms with E-state index in [-0.39, 0.29) is 5.54 Å². The van der Waals surface area contributed by atoms with E-state index in [4.69, 9.17) is 4.84 Å². The number of fused-ring (bicyclic) bond motifs is 1. The molecule has 2 N–H and O–H groups in total. The van der Waals surface area contributed by atoms with E-state index < -0.39 is 0 Å². The van der Waals surface area contributed by atoms with Crippen LogP contribution in [-0.2, 0) is 10.4 Å². The Labute approximate surface area is 82.6 Å². The Hall–Kier alpha value is -0.970. The number of hydrogen-bond acceptors (Lipinski definition) is 4. The van der Waals surface area contributed by atoms with Crippen molar-refractivity contribution >= 4 is 0 Å². The van der Waals surface area contributed by atoms with Gasteiger partial charge in [0.05, 0.1) is 12.1 Å². The first kappa shape index (κ1) is 8.35. The molecule has 2 aliphatic heterocycles. The molecule has 2 atom stereocenters. The number of aromatic nitrogens is 1. The number of nitrogens with one attached hydrogen (secondary N) is 2. The van der Waals surface area contributed by atoms with Crippen molar-refractivity contribution in [2.24, 2.45) is 5.92 Å². The van der Waals surface area contributed by atoms with Crippen molar-refractivity contribution in [1.29, 1.82) is 0 Å². The van der Waals surface area contributed by atoms with Crippen LogP contribution in [0.1, 0.15) is 5.56 Å². The van der Waals surface area contributed by atoms with Gasteiger partial charge in [-0.05, 0) is 17.7 Å². The van der Waals surface area contributed by atoms with Crippen molar-refractivity contribution in [3.63, 3.8) is 0 Å². The highest BCUT2D eigenvalue weighted by atomic mass is 16.7. The highest BCUT2D eigenvalue weighted by Crippen LogP contribution is 2.36. The Morgan fingerprint density at radius 2 is 2.29 bits per heavy atom. The van der Waals surface area contributed by atoms with Crippen LogP contribution in [0.15, 0.2) is 24.5 Å². The third kappa shape index (κ3) is 1.02. The van der Waals surface area contributed by atoms with Crippen LogP contribution in [-0.4, -0.2) is 24.7 Å². The topological polar surface area (TPSA) is 46.2 Å². The van der Waals surface area contributed by atoms with Crippen molar-refractivity contribution in [1.82, 2.24) is 15.8 Å². The van der Waals surface area contributed by atoms with Gasteiger partial charge in [-0.15, -0.1) is 0 Å². The molecule has 0 saturated carbocycles. The quantitative estimate of drug-likeness (QED) is 0.657. The van der Waals surface area contributed by atoms with Crippen molar-refractivity contribution in [3.05, 3.63) is 30.1 Å². The molecule has 0 amide bonds. The van der Waals surface area contributed by atoms with Crippen LogP contribution in [0.3, 0.4) is 0 Å². The van der Waals surface area contributed by atoms with Crippen molar-refractivity contribution in [2.75, 3.05) is 19.7 Å². The van der Waals surface area contributed by atoms with Gasteiger partial charge in [-0.25, -0.2) is 0 Å². The van der Waals surface area contributed by atoms with Gasteiger partial charge in [-0.3, -0.25) is 4.98 Å². The van der Waals surface area contributed by atoms with E-state index in [2.05, 4.69) is 27.9 Å². The summed E-state index contributed by atoms with van der Waals surface area (Å²) in [6.07, 6.45) is 3.67. The van der Waals surface area contributed by atoms with Gasteiger partial charge in [0.1, 0.15) is 0 Å². The molecule has 0 spiro atoms. The van der Waals surface area contributed by atoms with Crippen LogP contribution >= 0.6 is 0 Å². The Balaban J connectivity index is 2.03. The number of pyridine rings is 1. The number of hydroxylamine groups is 1. The van der Waals surface area contributed by atoms with Gasteiger partial charge >= 0.3 is 0 Å². The van der Waals surface area contributed by atoms with Crippen molar-refractivity contribution in [2.45, 2.75) is 5.54 Å². The smallest absolute Gasteiger partial charge is 0.0868 e. The van der Waals surface area contributed by atoms with Crippen molar-refractivity contribution in [3.8, 4) is 0 Å². The minimum Gasteiger partial charge on any atom is -0.314 e. The lowest BCUT2D eigenvalue weighted by Crippen LogP contribution is -2.42. The molecule has 0 radical (unpaired) electrons. The summed E-state index contributed by atoms with van der Waals surface area (Å²) in [6, 6.07) is 4.11. The van der Waals surface area contributed by atoms with Gasteiger partial charge in [0.2, 0.25) is 0 Å². The number of nitrogens with zero attached hydrogens (tertiary/aromatic N) is 1. The molecule has 1 aromatic rings. The van der Waals surface area contributed by atoms with Gasteiger partial charge in [-0.2, -0.15) is 5.48 Å². The summed E-state index contributed by atoms with van der Waals surface area (Å²) in [5.74, 6) is 0.532. The fourth-order valence-corrected chi connectivity index (χ4v) is 2.40. The summed E-state index contributed by atoms with van der Waals surface area (Å²) in [7, 11) is 0. The van der Waals surface area contributed by atoms with Gasteiger partial charge in [0.15, 0.2) is 0 Å². The first-order chi connectivity index (χ1) is 6.92. The average molecular weight is 191 g/mol. The minimum absolute atomic E-state index is 0.0249. The lowest BCUT2D eigenvalue weighted by Gasteiger charge is -2.26. The Morgan fingerprint density at radius 3 is 3.14 bits per heavy atom. The SMILES string of the molecule is c1cc([C@]23CNC[C@@H]2CON3)ccn1. The summed E-state index contributed by atoms with van der Waals surface area (Å²) >= 11 is 0. The first-order valence-corrected chi connectivity index (χ1v) is 4.92. The molecule has 74 valence electrons. The van der Waals surface area contributed by atoms with Gasteiger partial charge < -0.3 is 10.2 Å². The van der Waals surface area contributed by atoms with Crippen LogP contribution in [0.5, 0.6) is 0 Å². The fourth-order valence-electron chi connectivity index (χ4n) is 2.40. The van der Waals surface area contributed by atoms with Crippen molar-refractivity contribution < 1.29 is 4.84 Å². The van der Waals surface area contributed by atoms with E-state index in [0.717, 1.165) is 19.7 Å². The zero-order chi connectivity index (χ0) is 9.43. The third-order valence-corrected chi connectivity index (χ3v) is 3.23. The normalized spacial score (nSPS) is 35.9. The molecule has 0 aromatic carbocycles. The van der Waals surface area contributed by atoms with Crippen LogP contribution in [0, 0.1) is 5.92 Å². The zero-order valence-corrected chi connectivity index (χ0v) is 7.86.